The van der Waals surface area contributed by atoms with E-state index < -0.39 is 0 Å². The molecular weight excluding hydrogens is 224 g/mol. The maximum atomic E-state index is 9.49. The van der Waals surface area contributed by atoms with Gasteiger partial charge in [-0.05, 0) is 32.6 Å². The van der Waals surface area contributed by atoms with Crippen molar-refractivity contribution in [1.29, 1.82) is 0 Å². The van der Waals surface area contributed by atoms with E-state index in [4.69, 9.17) is 0 Å². The summed E-state index contributed by atoms with van der Waals surface area (Å²) < 4.78 is 0. The summed E-state index contributed by atoms with van der Waals surface area (Å²) in [5, 5.41) is 9.49. The van der Waals surface area contributed by atoms with Crippen LogP contribution < -0.4 is 0 Å². The van der Waals surface area contributed by atoms with Crippen molar-refractivity contribution in [3.63, 3.8) is 0 Å². The molecule has 2 atom stereocenters. The minimum absolute atomic E-state index is 0.197. The molecule has 3 heteroatoms. The number of hydrogen-bond donors (Lipinski definition) is 1. The molecule has 0 bridgehead atoms. The molecule has 1 aliphatic carbocycles. The maximum absolute atomic E-state index is 9.49. The van der Waals surface area contributed by atoms with Crippen LogP contribution in [0.2, 0.25) is 0 Å². The summed E-state index contributed by atoms with van der Waals surface area (Å²) in [6, 6.07) is 0.594. The Kier molecular flexibility index (Phi) is 5.46. The Balaban J connectivity index is 1.73. The highest BCUT2D eigenvalue weighted by Crippen LogP contribution is 2.25. The molecule has 1 aliphatic heterocycles. The van der Waals surface area contributed by atoms with E-state index >= 15 is 0 Å². The lowest BCUT2D eigenvalue weighted by Gasteiger charge is -2.42. The number of nitrogens with zero attached hydrogens (tertiary/aromatic N) is 2. The molecule has 1 heterocycles. The summed E-state index contributed by atoms with van der Waals surface area (Å²) in [5.41, 5.74) is 0. The summed E-state index contributed by atoms with van der Waals surface area (Å²) >= 11 is 0. The van der Waals surface area contributed by atoms with Crippen LogP contribution in [0.3, 0.4) is 0 Å². The summed E-state index contributed by atoms with van der Waals surface area (Å²) in [6.45, 7) is 9.83. The normalized spacial score (nSPS) is 30.5. The topological polar surface area (TPSA) is 26.7 Å². The lowest BCUT2D eigenvalue weighted by atomic mass is 9.88. The molecule has 2 rings (SSSR count). The molecule has 106 valence electrons. The molecule has 0 aromatic heterocycles. The Hall–Kier alpha value is -0.120. The minimum Gasteiger partial charge on any atom is -0.392 e. The van der Waals surface area contributed by atoms with Crippen LogP contribution in [0, 0.1) is 5.92 Å². The molecule has 2 aliphatic rings. The maximum Gasteiger partial charge on any atom is 0.0639 e. The average molecular weight is 254 g/mol. The summed E-state index contributed by atoms with van der Waals surface area (Å²) in [7, 11) is 0. The van der Waals surface area contributed by atoms with Crippen molar-refractivity contribution >= 4 is 0 Å². The fraction of sp³-hybridized carbons (Fsp3) is 1.00. The van der Waals surface area contributed by atoms with Crippen molar-refractivity contribution in [2.24, 2.45) is 5.92 Å². The fourth-order valence-corrected chi connectivity index (χ4v) is 3.58. The molecule has 3 nitrogen and oxygen atoms in total. The highest BCUT2D eigenvalue weighted by molar-refractivity contribution is 4.82. The smallest absolute Gasteiger partial charge is 0.0639 e. The monoisotopic (exact) mass is 254 g/mol. The van der Waals surface area contributed by atoms with Crippen LogP contribution >= 0.6 is 0 Å². The van der Waals surface area contributed by atoms with Crippen LogP contribution in [0.25, 0.3) is 0 Å². The van der Waals surface area contributed by atoms with Gasteiger partial charge >= 0.3 is 0 Å². The average Bonchev–Trinajstić information content (AvgIpc) is 2.33. The largest absolute Gasteiger partial charge is 0.392 e. The van der Waals surface area contributed by atoms with E-state index in [2.05, 4.69) is 16.7 Å². The quantitative estimate of drug-likeness (QED) is 0.831. The Morgan fingerprint density at radius 2 is 1.89 bits per heavy atom. The second-order valence-corrected chi connectivity index (χ2v) is 6.46. The van der Waals surface area contributed by atoms with E-state index in [1.807, 2.05) is 6.92 Å². The van der Waals surface area contributed by atoms with Gasteiger partial charge in [-0.1, -0.05) is 19.3 Å². The van der Waals surface area contributed by atoms with E-state index in [0.29, 0.717) is 6.04 Å². The lowest BCUT2D eigenvalue weighted by Crippen LogP contribution is -2.54. The number of rotatable bonds is 4. The highest BCUT2D eigenvalue weighted by atomic mass is 16.3. The molecule has 0 unspecified atom stereocenters. The van der Waals surface area contributed by atoms with Gasteiger partial charge in [0.2, 0.25) is 0 Å². The first-order valence-corrected chi connectivity index (χ1v) is 7.79. The van der Waals surface area contributed by atoms with Gasteiger partial charge in [0, 0.05) is 38.8 Å². The molecule has 0 radical (unpaired) electrons. The summed E-state index contributed by atoms with van der Waals surface area (Å²) in [5.74, 6) is 0.953. The molecule has 1 saturated carbocycles. The van der Waals surface area contributed by atoms with Gasteiger partial charge in [0.1, 0.15) is 0 Å². The third-order valence-corrected chi connectivity index (χ3v) is 4.59. The van der Waals surface area contributed by atoms with Crippen molar-refractivity contribution in [2.45, 2.75) is 58.1 Å². The van der Waals surface area contributed by atoms with Crippen molar-refractivity contribution in [1.82, 2.24) is 9.80 Å². The van der Waals surface area contributed by atoms with Crippen molar-refractivity contribution in [3.05, 3.63) is 0 Å². The first-order chi connectivity index (χ1) is 8.65. The number of β-amino-alcohol motifs (C(OH)–C–C–N with tert-alkyl or cyclic N) is 1. The van der Waals surface area contributed by atoms with Gasteiger partial charge < -0.3 is 10.0 Å². The molecule has 0 amide bonds. The Bertz CT molecular complexity index is 239. The third-order valence-electron chi connectivity index (χ3n) is 4.59. The predicted molar refractivity (Wildman–Crippen MR) is 75.7 cm³/mol. The van der Waals surface area contributed by atoms with E-state index in [1.165, 1.54) is 51.7 Å². The van der Waals surface area contributed by atoms with Crippen molar-refractivity contribution in [2.75, 3.05) is 32.7 Å². The molecule has 2 fully saturated rings. The van der Waals surface area contributed by atoms with Gasteiger partial charge in [0.15, 0.2) is 0 Å². The molecule has 0 aromatic carbocycles. The highest BCUT2D eigenvalue weighted by Gasteiger charge is 2.26. The van der Waals surface area contributed by atoms with Crippen LogP contribution in [0.5, 0.6) is 0 Å². The van der Waals surface area contributed by atoms with Gasteiger partial charge in [0.25, 0.3) is 0 Å². The van der Waals surface area contributed by atoms with Crippen molar-refractivity contribution < 1.29 is 5.11 Å². The third kappa shape index (κ3) is 4.22. The van der Waals surface area contributed by atoms with Crippen LogP contribution in [0.1, 0.15) is 46.0 Å². The molecule has 1 saturated heterocycles. The van der Waals surface area contributed by atoms with Crippen LogP contribution in [-0.2, 0) is 0 Å². The van der Waals surface area contributed by atoms with Gasteiger partial charge in [-0.25, -0.2) is 0 Å². The Morgan fingerprint density at radius 1 is 1.17 bits per heavy atom. The predicted octanol–water partition coefficient (Wildman–Crippen LogP) is 1.95. The van der Waals surface area contributed by atoms with Gasteiger partial charge in [-0.2, -0.15) is 0 Å². The standard InChI is InChI=1S/C15H30N2O/c1-13-10-16(8-9-17(13)11-14(2)18)12-15-6-4-3-5-7-15/h13-15,18H,3-12H2,1-2H3/t13-,14-/m0/s1. The van der Waals surface area contributed by atoms with Gasteiger partial charge in [-0.15, -0.1) is 0 Å². The number of aliphatic hydroxyl groups is 1. The zero-order valence-electron chi connectivity index (χ0n) is 12.1. The zero-order chi connectivity index (χ0) is 13.0. The lowest BCUT2D eigenvalue weighted by molar-refractivity contribution is 0.0368. The minimum atomic E-state index is -0.197. The number of hydrogen-bond acceptors (Lipinski definition) is 3. The number of aliphatic hydroxyl groups excluding tert-OH is 1. The second-order valence-electron chi connectivity index (χ2n) is 6.46. The van der Waals surface area contributed by atoms with Crippen LogP contribution in [0.15, 0.2) is 0 Å². The van der Waals surface area contributed by atoms with E-state index in [-0.39, 0.29) is 6.10 Å². The Labute approximate surface area is 112 Å². The molecule has 0 spiro atoms. The first-order valence-electron chi connectivity index (χ1n) is 7.79. The zero-order valence-corrected chi connectivity index (χ0v) is 12.1. The summed E-state index contributed by atoms with van der Waals surface area (Å²) in [4.78, 5) is 5.08. The van der Waals surface area contributed by atoms with E-state index in [1.54, 1.807) is 0 Å². The number of piperazine rings is 1. The SMILES string of the molecule is C[C@H](O)CN1CCN(CC2CCCCC2)C[C@@H]1C. The molecular formula is C15H30N2O. The molecule has 1 N–H and O–H groups in total. The van der Waals surface area contributed by atoms with Crippen molar-refractivity contribution in [3.8, 4) is 0 Å². The van der Waals surface area contributed by atoms with Crippen LogP contribution in [-0.4, -0.2) is 59.8 Å². The van der Waals surface area contributed by atoms with Gasteiger partial charge in [0.05, 0.1) is 6.10 Å². The van der Waals surface area contributed by atoms with Crippen LogP contribution in [0.4, 0.5) is 0 Å². The molecule has 18 heavy (non-hydrogen) atoms. The Morgan fingerprint density at radius 3 is 2.50 bits per heavy atom. The summed E-state index contributed by atoms with van der Waals surface area (Å²) in [6.07, 6.45) is 7.04. The molecule has 0 aromatic rings. The second kappa shape index (κ2) is 6.88. The first kappa shape index (κ1) is 14.3. The van der Waals surface area contributed by atoms with Gasteiger partial charge in [-0.3, -0.25) is 4.90 Å². The fourth-order valence-electron chi connectivity index (χ4n) is 3.58. The van der Waals surface area contributed by atoms with E-state index in [0.717, 1.165) is 19.0 Å². The van der Waals surface area contributed by atoms with E-state index in [9.17, 15) is 5.11 Å².